The van der Waals surface area contributed by atoms with Gasteiger partial charge in [0.1, 0.15) is 18.0 Å². The second-order valence-electron chi connectivity index (χ2n) is 8.80. The lowest BCUT2D eigenvalue weighted by atomic mass is 10.1. The van der Waals surface area contributed by atoms with Gasteiger partial charge in [-0.2, -0.15) is 5.10 Å². The number of pyridine rings is 1. The van der Waals surface area contributed by atoms with Gasteiger partial charge in [0.25, 0.3) is 0 Å². The van der Waals surface area contributed by atoms with Crippen molar-refractivity contribution in [3.8, 4) is 0 Å². The number of benzene rings is 1. The van der Waals surface area contributed by atoms with E-state index >= 15 is 0 Å². The van der Waals surface area contributed by atoms with E-state index in [-0.39, 0.29) is 5.91 Å². The fraction of sp³-hybridized carbons (Fsp3) is 0.320. The van der Waals surface area contributed by atoms with Gasteiger partial charge >= 0.3 is 0 Å². The molecule has 1 aromatic carbocycles. The molecule has 4 heterocycles. The number of anilines is 2. The zero-order valence-electron chi connectivity index (χ0n) is 19.5. The second kappa shape index (κ2) is 9.09. The van der Waals surface area contributed by atoms with Gasteiger partial charge in [0.2, 0.25) is 5.91 Å². The van der Waals surface area contributed by atoms with Crippen LogP contribution in [0.25, 0.3) is 11.0 Å². The summed E-state index contributed by atoms with van der Waals surface area (Å²) in [5.41, 5.74) is 11.9. The number of carbonyl (C=O) groups excluding carboxylic acids is 1. The van der Waals surface area contributed by atoms with Crippen molar-refractivity contribution in [2.75, 3.05) is 17.6 Å². The van der Waals surface area contributed by atoms with Gasteiger partial charge < -0.3 is 16.0 Å². The summed E-state index contributed by atoms with van der Waals surface area (Å²) in [5.74, 6) is 1.51. The molecule has 0 saturated carbocycles. The van der Waals surface area contributed by atoms with Crippen molar-refractivity contribution in [1.29, 1.82) is 0 Å². The molecule has 0 aliphatic carbocycles. The molecule has 1 amide bonds. The second-order valence-corrected chi connectivity index (χ2v) is 8.80. The van der Waals surface area contributed by atoms with Crippen LogP contribution in [0.1, 0.15) is 40.8 Å². The highest BCUT2D eigenvalue weighted by Gasteiger charge is 2.19. The van der Waals surface area contributed by atoms with Gasteiger partial charge in [-0.15, -0.1) is 0 Å². The molecule has 1 aliphatic heterocycles. The van der Waals surface area contributed by atoms with Gasteiger partial charge in [-0.25, -0.2) is 15.0 Å². The van der Waals surface area contributed by atoms with Gasteiger partial charge in [-0.1, -0.05) is 24.3 Å². The van der Waals surface area contributed by atoms with Crippen LogP contribution >= 0.6 is 0 Å². The number of aromatic nitrogens is 5. The Morgan fingerprint density at radius 1 is 1.09 bits per heavy atom. The molecule has 4 aromatic rings. The third kappa shape index (κ3) is 4.54. The summed E-state index contributed by atoms with van der Waals surface area (Å²) in [6.45, 7) is 6.73. The maximum absolute atomic E-state index is 11.9. The van der Waals surface area contributed by atoms with Crippen LogP contribution in [0.15, 0.2) is 42.9 Å². The first kappa shape index (κ1) is 21.8. The van der Waals surface area contributed by atoms with Crippen molar-refractivity contribution in [3.05, 3.63) is 70.8 Å². The molecule has 34 heavy (non-hydrogen) atoms. The predicted molar refractivity (Wildman–Crippen MR) is 131 cm³/mol. The van der Waals surface area contributed by atoms with Crippen molar-refractivity contribution in [2.24, 2.45) is 0 Å². The Hall–Kier alpha value is -4.01. The van der Waals surface area contributed by atoms with Crippen molar-refractivity contribution in [3.63, 3.8) is 0 Å². The highest BCUT2D eigenvalue weighted by atomic mass is 16.2. The minimum atomic E-state index is 0.246. The SMILES string of the molecule is Cc1cc(N)nc(C)c1CNc1ncnc2nn(Cc3ccc(CN4CCCC4=O)cc3)cc12. The minimum absolute atomic E-state index is 0.246. The van der Waals surface area contributed by atoms with E-state index in [4.69, 9.17) is 5.73 Å². The zero-order valence-corrected chi connectivity index (χ0v) is 19.5. The monoisotopic (exact) mass is 456 g/mol. The lowest BCUT2D eigenvalue weighted by Crippen LogP contribution is -2.23. The summed E-state index contributed by atoms with van der Waals surface area (Å²) in [7, 11) is 0. The molecule has 1 aliphatic rings. The largest absolute Gasteiger partial charge is 0.384 e. The van der Waals surface area contributed by atoms with Gasteiger partial charge in [-0.05, 0) is 48.6 Å². The number of fused-ring (bicyclic) bond motifs is 1. The van der Waals surface area contributed by atoms with Crippen LogP contribution in [0, 0.1) is 13.8 Å². The fourth-order valence-corrected chi connectivity index (χ4v) is 4.46. The Kier molecular flexibility index (Phi) is 5.83. The quantitative estimate of drug-likeness (QED) is 0.439. The van der Waals surface area contributed by atoms with E-state index in [0.29, 0.717) is 37.5 Å². The fourth-order valence-electron chi connectivity index (χ4n) is 4.46. The highest BCUT2D eigenvalue weighted by molar-refractivity contribution is 5.85. The van der Waals surface area contributed by atoms with Crippen LogP contribution < -0.4 is 11.1 Å². The van der Waals surface area contributed by atoms with E-state index in [1.54, 1.807) is 0 Å². The molecule has 1 saturated heterocycles. The number of nitrogens with two attached hydrogens (primary N) is 1. The molecule has 0 radical (unpaired) electrons. The first-order valence-electron chi connectivity index (χ1n) is 11.5. The number of nitrogens with one attached hydrogen (secondary N) is 1. The van der Waals surface area contributed by atoms with E-state index in [1.807, 2.05) is 35.7 Å². The lowest BCUT2D eigenvalue weighted by molar-refractivity contribution is -0.128. The Balaban J connectivity index is 1.29. The summed E-state index contributed by atoms with van der Waals surface area (Å²) < 4.78 is 1.88. The number of hydrogen-bond acceptors (Lipinski definition) is 7. The molecule has 0 unspecified atom stereocenters. The molecule has 174 valence electrons. The smallest absolute Gasteiger partial charge is 0.222 e. The topological polar surface area (TPSA) is 115 Å². The Labute approximate surface area is 198 Å². The van der Waals surface area contributed by atoms with E-state index < -0.39 is 0 Å². The molecule has 0 spiro atoms. The zero-order chi connectivity index (χ0) is 23.7. The maximum Gasteiger partial charge on any atom is 0.222 e. The Bertz CT molecular complexity index is 1320. The van der Waals surface area contributed by atoms with Crippen LogP contribution in [0.4, 0.5) is 11.6 Å². The Morgan fingerprint density at radius 2 is 1.85 bits per heavy atom. The summed E-state index contributed by atoms with van der Waals surface area (Å²) in [4.78, 5) is 26.9. The van der Waals surface area contributed by atoms with Gasteiger partial charge in [-0.3, -0.25) is 9.48 Å². The lowest BCUT2D eigenvalue weighted by Gasteiger charge is -2.15. The molecule has 1 fully saturated rings. The Morgan fingerprint density at radius 3 is 2.56 bits per heavy atom. The molecule has 9 heteroatoms. The first-order chi connectivity index (χ1) is 16.5. The number of nitrogen functional groups attached to an aromatic ring is 1. The standard InChI is InChI=1S/C25H28N8O/c1-16-10-22(26)30-17(2)20(16)11-27-24-21-14-33(31-25(21)29-15-28-24)13-19-7-5-18(6-8-19)12-32-9-3-4-23(32)34/h5-8,10,14-15H,3-4,9,11-13H2,1-2H3,(H2,26,30)(H,27,28,29,31). The van der Waals surface area contributed by atoms with Crippen molar-refractivity contribution >= 4 is 28.6 Å². The minimum Gasteiger partial charge on any atom is -0.384 e. The summed E-state index contributed by atoms with van der Waals surface area (Å²) in [6.07, 6.45) is 5.12. The first-order valence-corrected chi connectivity index (χ1v) is 11.5. The molecule has 3 aromatic heterocycles. The van der Waals surface area contributed by atoms with E-state index in [0.717, 1.165) is 52.1 Å². The molecule has 5 rings (SSSR count). The van der Waals surface area contributed by atoms with Crippen LogP contribution in [-0.4, -0.2) is 42.1 Å². The van der Waals surface area contributed by atoms with Crippen LogP contribution in [0.2, 0.25) is 0 Å². The number of nitrogens with zero attached hydrogens (tertiary/aromatic N) is 6. The third-order valence-corrected chi connectivity index (χ3v) is 6.28. The molecular weight excluding hydrogens is 428 g/mol. The van der Waals surface area contributed by atoms with E-state index in [9.17, 15) is 4.79 Å². The summed E-state index contributed by atoms with van der Waals surface area (Å²) >= 11 is 0. The number of amides is 1. The number of carbonyl (C=O) groups is 1. The average Bonchev–Trinajstić information content (AvgIpc) is 3.40. The molecule has 3 N–H and O–H groups in total. The highest BCUT2D eigenvalue weighted by Crippen LogP contribution is 2.22. The van der Waals surface area contributed by atoms with Crippen LogP contribution in [0.3, 0.4) is 0 Å². The molecular formula is C25H28N8O. The predicted octanol–water partition coefficient (Wildman–Crippen LogP) is 3.20. The van der Waals surface area contributed by atoms with Crippen molar-refractivity contribution in [2.45, 2.75) is 46.3 Å². The summed E-state index contributed by atoms with van der Waals surface area (Å²) in [6, 6.07) is 10.2. The van der Waals surface area contributed by atoms with Crippen molar-refractivity contribution in [1.82, 2.24) is 29.6 Å². The average molecular weight is 457 g/mol. The number of hydrogen-bond donors (Lipinski definition) is 2. The molecule has 0 atom stereocenters. The third-order valence-electron chi connectivity index (χ3n) is 6.28. The van der Waals surface area contributed by atoms with E-state index in [2.05, 4.69) is 49.6 Å². The molecule has 0 bridgehead atoms. The number of aryl methyl sites for hydroxylation is 2. The van der Waals surface area contributed by atoms with Gasteiger partial charge in [0, 0.05) is 37.9 Å². The van der Waals surface area contributed by atoms with Crippen LogP contribution in [0.5, 0.6) is 0 Å². The van der Waals surface area contributed by atoms with Crippen molar-refractivity contribution < 1.29 is 4.79 Å². The van der Waals surface area contributed by atoms with Crippen LogP contribution in [-0.2, 0) is 24.4 Å². The van der Waals surface area contributed by atoms with E-state index in [1.165, 1.54) is 6.33 Å². The number of rotatable bonds is 7. The number of likely N-dealkylation sites (tertiary alicyclic amines) is 1. The van der Waals surface area contributed by atoms with Gasteiger partial charge in [0.05, 0.1) is 11.9 Å². The molecule has 9 nitrogen and oxygen atoms in total. The normalized spacial score (nSPS) is 13.7. The summed E-state index contributed by atoms with van der Waals surface area (Å²) in [5, 5.41) is 8.91. The maximum atomic E-state index is 11.9. The van der Waals surface area contributed by atoms with Gasteiger partial charge in [0.15, 0.2) is 5.65 Å².